The van der Waals surface area contributed by atoms with Crippen LogP contribution in [0.25, 0.3) is 0 Å². The number of hydrogen-bond donors (Lipinski definition) is 1. The molecule has 17 heavy (non-hydrogen) atoms. The van der Waals surface area contributed by atoms with Gasteiger partial charge in [0.05, 0.1) is 0 Å². The summed E-state index contributed by atoms with van der Waals surface area (Å²) in [6, 6.07) is 5.40. The van der Waals surface area contributed by atoms with E-state index in [0.717, 1.165) is 12.0 Å². The zero-order valence-corrected chi connectivity index (χ0v) is 11.6. The molecule has 0 saturated heterocycles. The number of phenols is 1. The molecule has 0 radical (unpaired) electrons. The van der Waals surface area contributed by atoms with E-state index in [9.17, 15) is 5.11 Å². The monoisotopic (exact) mass is 254 g/mol. The maximum absolute atomic E-state index is 9.77. The summed E-state index contributed by atoms with van der Waals surface area (Å²) in [4.78, 5) is 0. The highest BCUT2D eigenvalue weighted by molar-refractivity contribution is 6.30. The third kappa shape index (κ3) is 5.45. The molecule has 1 atom stereocenters. The van der Waals surface area contributed by atoms with Crippen molar-refractivity contribution in [2.24, 2.45) is 5.92 Å². The maximum Gasteiger partial charge on any atom is 0.120 e. The SMILES string of the molecule is CCCCCCC(C)Cc1ccc(Cl)cc1O. The van der Waals surface area contributed by atoms with Gasteiger partial charge >= 0.3 is 0 Å². The van der Waals surface area contributed by atoms with Gasteiger partial charge in [-0.1, -0.05) is 63.6 Å². The van der Waals surface area contributed by atoms with Crippen LogP contribution in [0.5, 0.6) is 5.75 Å². The fourth-order valence-corrected chi connectivity index (χ4v) is 2.27. The Hall–Kier alpha value is -0.690. The molecule has 96 valence electrons. The summed E-state index contributed by atoms with van der Waals surface area (Å²) < 4.78 is 0. The minimum Gasteiger partial charge on any atom is -0.508 e. The number of benzene rings is 1. The van der Waals surface area contributed by atoms with E-state index in [-0.39, 0.29) is 0 Å². The predicted octanol–water partition coefficient (Wildman–Crippen LogP) is 5.19. The predicted molar refractivity (Wildman–Crippen MR) is 74.7 cm³/mol. The smallest absolute Gasteiger partial charge is 0.120 e. The Morgan fingerprint density at radius 3 is 2.65 bits per heavy atom. The van der Waals surface area contributed by atoms with E-state index in [1.54, 1.807) is 6.07 Å². The van der Waals surface area contributed by atoms with Gasteiger partial charge in [0, 0.05) is 5.02 Å². The Balaban J connectivity index is 2.37. The molecule has 0 aliphatic rings. The first-order valence-corrected chi connectivity index (χ1v) is 6.98. The third-order valence-corrected chi connectivity index (χ3v) is 3.40. The number of halogens is 1. The molecule has 0 aromatic heterocycles. The molecular weight excluding hydrogens is 232 g/mol. The first-order valence-electron chi connectivity index (χ1n) is 6.61. The summed E-state index contributed by atoms with van der Waals surface area (Å²) >= 11 is 5.81. The summed E-state index contributed by atoms with van der Waals surface area (Å²) in [6.45, 7) is 4.48. The fraction of sp³-hybridized carbons (Fsp3) is 0.600. The zero-order chi connectivity index (χ0) is 12.7. The van der Waals surface area contributed by atoms with Crippen molar-refractivity contribution >= 4 is 11.6 Å². The van der Waals surface area contributed by atoms with Gasteiger partial charge in [-0.2, -0.15) is 0 Å². The van der Waals surface area contributed by atoms with Crippen LogP contribution in [0, 0.1) is 5.92 Å². The zero-order valence-electron chi connectivity index (χ0n) is 10.9. The molecule has 0 spiro atoms. The first-order chi connectivity index (χ1) is 8.13. The quantitative estimate of drug-likeness (QED) is 0.664. The summed E-state index contributed by atoms with van der Waals surface area (Å²) in [7, 11) is 0. The van der Waals surface area contributed by atoms with Gasteiger partial charge in [-0.25, -0.2) is 0 Å². The Kier molecular flexibility index (Phi) is 6.43. The molecule has 1 N–H and O–H groups in total. The van der Waals surface area contributed by atoms with Crippen molar-refractivity contribution < 1.29 is 5.11 Å². The van der Waals surface area contributed by atoms with Crippen LogP contribution in [0.4, 0.5) is 0 Å². The van der Waals surface area contributed by atoms with Crippen molar-refractivity contribution in [2.75, 3.05) is 0 Å². The Morgan fingerprint density at radius 1 is 1.24 bits per heavy atom. The summed E-state index contributed by atoms with van der Waals surface area (Å²) in [5.74, 6) is 0.955. The van der Waals surface area contributed by atoms with Crippen LogP contribution in [0.15, 0.2) is 18.2 Å². The molecule has 0 aliphatic heterocycles. The molecule has 1 nitrogen and oxygen atoms in total. The second kappa shape index (κ2) is 7.60. The molecule has 0 amide bonds. The van der Waals surface area contributed by atoms with Crippen molar-refractivity contribution in [3.8, 4) is 5.75 Å². The van der Waals surface area contributed by atoms with Crippen molar-refractivity contribution in [1.29, 1.82) is 0 Å². The minimum atomic E-state index is 0.331. The maximum atomic E-state index is 9.77. The molecule has 0 heterocycles. The van der Waals surface area contributed by atoms with Gasteiger partial charge in [0.2, 0.25) is 0 Å². The van der Waals surface area contributed by atoms with Gasteiger partial charge in [-0.05, 0) is 30.0 Å². The van der Waals surface area contributed by atoms with Gasteiger partial charge in [0.25, 0.3) is 0 Å². The van der Waals surface area contributed by atoms with Crippen LogP contribution in [0.3, 0.4) is 0 Å². The minimum absolute atomic E-state index is 0.331. The van der Waals surface area contributed by atoms with E-state index in [1.165, 1.54) is 32.1 Å². The molecule has 0 saturated carbocycles. The van der Waals surface area contributed by atoms with E-state index in [4.69, 9.17) is 11.6 Å². The van der Waals surface area contributed by atoms with Crippen LogP contribution >= 0.6 is 11.6 Å². The van der Waals surface area contributed by atoms with Crippen molar-refractivity contribution in [1.82, 2.24) is 0 Å². The number of phenolic OH excluding ortho intramolecular Hbond substituents is 1. The molecule has 0 bridgehead atoms. The van der Waals surface area contributed by atoms with Gasteiger partial charge < -0.3 is 5.11 Å². The average Bonchev–Trinajstić information content (AvgIpc) is 2.28. The highest BCUT2D eigenvalue weighted by atomic mass is 35.5. The lowest BCUT2D eigenvalue weighted by atomic mass is 9.95. The van der Waals surface area contributed by atoms with Crippen LogP contribution in [-0.4, -0.2) is 5.11 Å². The van der Waals surface area contributed by atoms with Crippen molar-refractivity contribution in [3.05, 3.63) is 28.8 Å². The van der Waals surface area contributed by atoms with Crippen molar-refractivity contribution in [3.63, 3.8) is 0 Å². The third-order valence-electron chi connectivity index (χ3n) is 3.17. The van der Waals surface area contributed by atoms with Crippen molar-refractivity contribution in [2.45, 2.75) is 52.4 Å². The van der Waals surface area contributed by atoms with E-state index in [2.05, 4.69) is 13.8 Å². The molecule has 0 aliphatic carbocycles. The lowest BCUT2D eigenvalue weighted by Crippen LogP contribution is -2.00. The number of hydrogen-bond acceptors (Lipinski definition) is 1. The summed E-state index contributed by atoms with van der Waals surface area (Å²) in [5, 5.41) is 10.4. The number of aromatic hydroxyl groups is 1. The fourth-order valence-electron chi connectivity index (χ4n) is 2.11. The van der Waals surface area contributed by atoms with Crippen LogP contribution in [-0.2, 0) is 6.42 Å². The van der Waals surface area contributed by atoms with Gasteiger partial charge in [-0.3, -0.25) is 0 Å². The van der Waals surface area contributed by atoms with E-state index < -0.39 is 0 Å². The van der Waals surface area contributed by atoms with Gasteiger partial charge in [-0.15, -0.1) is 0 Å². The molecular formula is C15H23ClO. The largest absolute Gasteiger partial charge is 0.508 e. The Labute approximate surface area is 110 Å². The number of unbranched alkanes of at least 4 members (excludes halogenated alkanes) is 3. The topological polar surface area (TPSA) is 20.2 Å². The summed E-state index contributed by atoms with van der Waals surface area (Å²) in [5.41, 5.74) is 1.01. The summed E-state index contributed by atoms with van der Waals surface area (Å²) in [6.07, 6.45) is 7.42. The van der Waals surface area contributed by atoms with E-state index in [0.29, 0.717) is 16.7 Å². The molecule has 0 fully saturated rings. The Bertz CT molecular complexity index is 336. The average molecular weight is 255 g/mol. The molecule has 2 heteroatoms. The Morgan fingerprint density at radius 2 is 2.00 bits per heavy atom. The number of rotatable bonds is 7. The first kappa shape index (κ1) is 14.4. The van der Waals surface area contributed by atoms with Gasteiger partial charge in [0.15, 0.2) is 0 Å². The van der Waals surface area contributed by atoms with Crippen LogP contribution in [0.1, 0.15) is 51.5 Å². The lowest BCUT2D eigenvalue weighted by Gasteiger charge is -2.12. The normalized spacial score (nSPS) is 12.6. The second-order valence-corrected chi connectivity index (χ2v) is 5.37. The highest BCUT2D eigenvalue weighted by Crippen LogP contribution is 2.25. The van der Waals surface area contributed by atoms with Gasteiger partial charge in [0.1, 0.15) is 5.75 Å². The standard InChI is InChI=1S/C15H23ClO/c1-3-4-5-6-7-12(2)10-13-8-9-14(16)11-15(13)17/h8-9,11-12,17H,3-7,10H2,1-2H3. The molecule has 1 aromatic rings. The van der Waals surface area contributed by atoms with Crippen LogP contribution in [0.2, 0.25) is 5.02 Å². The highest BCUT2D eigenvalue weighted by Gasteiger charge is 2.07. The molecule has 1 aromatic carbocycles. The van der Waals surface area contributed by atoms with E-state index in [1.807, 2.05) is 12.1 Å². The molecule has 1 unspecified atom stereocenters. The van der Waals surface area contributed by atoms with Crippen LogP contribution < -0.4 is 0 Å². The van der Waals surface area contributed by atoms with E-state index >= 15 is 0 Å². The lowest BCUT2D eigenvalue weighted by molar-refractivity contribution is 0.446. The second-order valence-electron chi connectivity index (χ2n) is 4.93. The molecule has 1 rings (SSSR count).